The maximum Gasteiger partial charge on any atom is 0.306 e. The standard InChI is InChI=1S/C41H51N11O6S.C36H43N11O4S/c1-8-57-33(53)21-29(22-34(54)58-9-2)28-12-13-31-32(20-28)59-41(45-31)52-24-30(23-42)37(51-52)50-49-36-38(43-14-10-16-55-6)47-40(44-15-11-17-56-7)48-39(36)46-35-26(4)18-25(3)19-27(35)5;1-21-15-23(3)30(24(4)16-21)41-34-31(33(38-11-7-13-50-5)42-35(43-34)39-12-8-14-51-6)44-45-32-26(19-37)20-47(46-32)36-40-27-10-9-25(18-28(27)52-36)22(2)17-29(48)49/h12-13,18-20,24,29H,8-11,14-17,21-22H2,1-7H3,(H3,43,44,46,47,48);9-10,15-16,18,20,22H,7-8,11-14,17H2,1-6H3,(H,48,49)(H3,38,39,41,42,43). The fraction of sp³-hybridized carbons (Fsp3) is 0.416. The van der Waals surface area contributed by atoms with Gasteiger partial charge in [-0.2, -0.15) is 30.5 Å². The molecule has 6 heterocycles. The van der Waals surface area contributed by atoms with Crippen molar-refractivity contribution < 1.29 is 47.9 Å². The quantitative estimate of drug-likeness (QED) is 0.0107. The van der Waals surface area contributed by atoms with Crippen LogP contribution in [0.25, 0.3) is 30.7 Å². The fourth-order valence-electron chi connectivity index (χ4n) is 11.9. The highest BCUT2D eigenvalue weighted by molar-refractivity contribution is 7.21. The molecule has 0 amide bonds. The van der Waals surface area contributed by atoms with Gasteiger partial charge in [-0.3, -0.25) is 14.4 Å². The Hall–Kier alpha value is -11.5. The number of carbonyl (C=O) groups excluding carboxylic acids is 2. The molecule has 7 N–H and O–H groups in total. The van der Waals surface area contributed by atoms with E-state index < -0.39 is 23.8 Å². The molecule has 34 heteroatoms. The highest BCUT2D eigenvalue weighted by atomic mass is 32.1. The summed E-state index contributed by atoms with van der Waals surface area (Å²) in [5.74, 6) is 0.344. The molecule has 584 valence electrons. The Morgan fingerprint density at radius 2 is 0.892 bits per heavy atom. The number of ether oxygens (including phenoxy) is 6. The Morgan fingerprint density at radius 3 is 1.27 bits per heavy atom. The first-order valence-corrected chi connectivity index (χ1v) is 37.9. The van der Waals surface area contributed by atoms with Gasteiger partial charge < -0.3 is 65.4 Å². The van der Waals surface area contributed by atoms with Crippen LogP contribution >= 0.6 is 22.7 Å². The van der Waals surface area contributed by atoms with E-state index in [1.54, 1.807) is 54.7 Å². The van der Waals surface area contributed by atoms with Gasteiger partial charge in [0.05, 0.1) is 65.3 Å². The molecule has 0 aliphatic carbocycles. The van der Waals surface area contributed by atoms with E-state index in [-0.39, 0.29) is 61.2 Å². The summed E-state index contributed by atoms with van der Waals surface area (Å²) in [6.07, 6.45) is 6.11. The number of hydrogen-bond acceptors (Lipinski definition) is 31. The summed E-state index contributed by atoms with van der Waals surface area (Å²) < 4.78 is 36.0. The number of aromatic nitrogens is 10. The summed E-state index contributed by atoms with van der Waals surface area (Å²) in [5.41, 5.74) is 12.3. The number of carbonyl (C=O) groups is 3. The van der Waals surface area contributed by atoms with Crippen LogP contribution in [0.1, 0.15) is 133 Å². The third-order valence-electron chi connectivity index (χ3n) is 17.1. The minimum absolute atomic E-state index is 0.0212. The molecule has 0 spiro atoms. The Kier molecular flexibility index (Phi) is 31.1. The molecule has 10 rings (SSSR count). The van der Waals surface area contributed by atoms with Crippen LogP contribution in [0.3, 0.4) is 0 Å². The molecule has 0 fully saturated rings. The van der Waals surface area contributed by atoms with Crippen LogP contribution in [0.4, 0.5) is 69.6 Å². The number of aliphatic carboxylic acids is 1. The van der Waals surface area contributed by atoms with E-state index in [9.17, 15) is 30.0 Å². The van der Waals surface area contributed by atoms with Crippen molar-refractivity contribution in [1.29, 1.82) is 10.5 Å². The zero-order valence-electron chi connectivity index (χ0n) is 64.7. The van der Waals surface area contributed by atoms with Gasteiger partial charge in [0, 0.05) is 98.3 Å². The van der Waals surface area contributed by atoms with Gasteiger partial charge in [-0.25, -0.2) is 19.3 Å². The van der Waals surface area contributed by atoms with E-state index in [1.807, 2.05) is 77.9 Å². The Bertz CT molecular complexity index is 4960. The molecule has 32 nitrogen and oxygen atoms in total. The van der Waals surface area contributed by atoms with E-state index in [1.165, 1.54) is 32.0 Å². The van der Waals surface area contributed by atoms with Crippen LogP contribution < -0.4 is 31.9 Å². The number of aryl methyl sites for hydroxylation is 6. The molecule has 0 radical (unpaired) electrons. The molecule has 0 bridgehead atoms. The van der Waals surface area contributed by atoms with Gasteiger partial charge in [-0.15, -0.1) is 30.7 Å². The van der Waals surface area contributed by atoms with Gasteiger partial charge in [0.1, 0.15) is 23.3 Å². The summed E-state index contributed by atoms with van der Waals surface area (Å²) in [7, 11) is 6.62. The zero-order chi connectivity index (χ0) is 79.5. The molecule has 6 aromatic heterocycles. The first-order chi connectivity index (χ1) is 53.7. The number of hydrogen-bond donors (Lipinski definition) is 7. The Balaban J connectivity index is 0.000000257. The number of carboxylic acids is 1. The lowest BCUT2D eigenvalue weighted by atomic mass is 9.92. The molecular weight excluding hydrogens is 1460 g/mol. The molecule has 1 atom stereocenters. The van der Waals surface area contributed by atoms with E-state index in [0.29, 0.717) is 121 Å². The van der Waals surface area contributed by atoms with E-state index in [2.05, 4.69) is 106 Å². The normalized spacial score (nSPS) is 11.6. The predicted octanol–water partition coefficient (Wildman–Crippen LogP) is 15.8. The first kappa shape index (κ1) is 83.5. The minimum atomic E-state index is -0.853. The number of azo groups is 2. The molecular formula is C77H94N22O10S2. The third kappa shape index (κ3) is 23.3. The number of esters is 2. The number of nitriles is 2. The lowest BCUT2D eigenvalue weighted by molar-refractivity contribution is -0.145. The predicted molar refractivity (Wildman–Crippen MR) is 429 cm³/mol. The van der Waals surface area contributed by atoms with Gasteiger partial charge in [0.15, 0.2) is 34.6 Å². The van der Waals surface area contributed by atoms with Crippen molar-refractivity contribution >= 4 is 131 Å². The number of nitrogens with one attached hydrogen (secondary N) is 6. The lowest BCUT2D eigenvalue weighted by Gasteiger charge is -2.18. The molecule has 10 aromatic rings. The zero-order valence-corrected chi connectivity index (χ0v) is 66.3. The summed E-state index contributed by atoms with van der Waals surface area (Å²) >= 11 is 2.71. The van der Waals surface area contributed by atoms with Crippen LogP contribution in [-0.4, -0.2) is 167 Å². The van der Waals surface area contributed by atoms with Gasteiger partial charge in [-0.1, -0.05) is 77.1 Å². The summed E-state index contributed by atoms with van der Waals surface area (Å²) in [5, 5.41) is 78.2. The topological polar surface area (TPSA) is 409 Å². The smallest absolute Gasteiger partial charge is 0.306 e. The van der Waals surface area contributed by atoms with Gasteiger partial charge >= 0.3 is 17.9 Å². The number of anilines is 8. The summed E-state index contributed by atoms with van der Waals surface area (Å²) in [6, 6.07) is 24.0. The van der Waals surface area contributed by atoms with Crippen LogP contribution in [0.15, 0.2) is 93.5 Å². The largest absolute Gasteiger partial charge is 0.481 e. The second-order valence-corrected chi connectivity index (χ2v) is 28.0. The van der Waals surface area contributed by atoms with Crippen molar-refractivity contribution in [2.75, 3.05) is 126 Å². The molecule has 0 saturated heterocycles. The third-order valence-corrected chi connectivity index (χ3v) is 19.1. The van der Waals surface area contributed by atoms with Gasteiger partial charge in [0.25, 0.3) is 0 Å². The minimum Gasteiger partial charge on any atom is -0.481 e. The number of nitrogens with zero attached hydrogens (tertiary/aromatic N) is 16. The summed E-state index contributed by atoms with van der Waals surface area (Å²) in [6.45, 7) is 22.6. The number of fused-ring (bicyclic) bond motifs is 2. The van der Waals surface area contributed by atoms with Crippen molar-refractivity contribution in [2.45, 2.75) is 119 Å². The first-order valence-electron chi connectivity index (χ1n) is 36.3. The van der Waals surface area contributed by atoms with Crippen molar-refractivity contribution in [3.05, 3.63) is 129 Å². The van der Waals surface area contributed by atoms with Crippen molar-refractivity contribution in [2.24, 2.45) is 20.5 Å². The second kappa shape index (κ2) is 41.3. The van der Waals surface area contributed by atoms with E-state index >= 15 is 0 Å². The van der Waals surface area contributed by atoms with Crippen molar-refractivity contribution in [1.82, 2.24) is 49.5 Å². The van der Waals surface area contributed by atoms with Gasteiger partial charge in [0.2, 0.25) is 33.8 Å². The number of methoxy groups -OCH3 is 4. The number of carboxylic acid groups (broad SMARTS) is 1. The monoisotopic (exact) mass is 1550 g/mol. The maximum absolute atomic E-state index is 12.5. The number of thiazole rings is 2. The van der Waals surface area contributed by atoms with Crippen LogP contribution in [0.2, 0.25) is 0 Å². The SMILES string of the molecule is CCOC(=O)CC(CC(=O)OCC)c1ccc2nc(-n3cc(C#N)c(N=Nc4c(NCCCOC)nc(NCCCOC)nc4Nc4c(C)cc(C)cc4C)n3)sc2c1.COCCCNc1nc(NCCCOC)c(N=Nc2nn(-c3nc4ccc(C(C)CC(=O)O)cc4s3)cc2C#N)c(Nc2c(C)cc(C)cc2C)n1. The molecule has 111 heavy (non-hydrogen) atoms. The molecule has 0 saturated carbocycles. The number of benzene rings is 4. The Morgan fingerprint density at radius 1 is 0.514 bits per heavy atom. The molecule has 4 aromatic carbocycles. The summed E-state index contributed by atoms with van der Waals surface area (Å²) in [4.78, 5) is 64.8. The fourth-order valence-corrected chi connectivity index (χ4v) is 13.8. The molecule has 1 unspecified atom stereocenters. The lowest BCUT2D eigenvalue weighted by Crippen LogP contribution is -2.15. The van der Waals surface area contributed by atoms with E-state index in [4.69, 9.17) is 58.3 Å². The van der Waals surface area contributed by atoms with Crippen molar-refractivity contribution in [3.63, 3.8) is 0 Å². The Labute approximate surface area is 651 Å². The van der Waals surface area contributed by atoms with E-state index in [0.717, 1.165) is 90.1 Å². The average molecular weight is 1550 g/mol. The van der Waals surface area contributed by atoms with Crippen LogP contribution in [0, 0.1) is 64.2 Å². The highest BCUT2D eigenvalue weighted by Gasteiger charge is 2.26. The maximum atomic E-state index is 12.5. The van der Waals surface area contributed by atoms with Crippen molar-refractivity contribution in [3.8, 4) is 22.4 Å². The highest BCUT2D eigenvalue weighted by Crippen LogP contribution is 2.41. The van der Waals surface area contributed by atoms with Crippen LogP contribution in [-0.2, 0) is 42.8 Å². The second-order valence-electron chi connectivity index (χ2n) is 26.0. The molecule has 0 aliphatic rings. The number of rotatable bonds is 40. The average Bonchev–Trinajstić information content (AvgIpc) is 1.76. The van der Waals surface area contributed by atoms with Crippen LogP contribution in [0.5, 0.6) is 0 Å². The van der Waals surface area contributed by atoms with Gasteiger partial charge in [-0.05, 0) is 145 Å². The molecule has 0 aliphatic heterocycles.